The summed E-state index contributed by atoms with van der Waals surface area (Å²) in [4.78, 5) is 45.2. The predicted molar refractivity (Wildman–Crippen MR) is 223 cm³/mol. The molecule has 8 rings (SSSR count). The van der Waals surface area contributed by atoms with Crippen LogP contribution in [0.1, 0.15) is 54.6 Å². The molecule has 4 N–H and O–H groups in total. The Labute approximate surface area is 345 Å². The van der Waals surface area contributed by atoms with Gasteiger partial charge in [-0.15, -0.1) is 0 Å². The fraction of sp³-hybridized carbons (Fsp3) is 0.209. The molecule has 4 aromatic heterocycles. The molecule has 2 aliphatic heterocycles. The Hall–Kier alpha value is -6.87. The molecule has 0 aliphatic carbocycles. The summed E-state index contributed by atoms with van der Waals surface area (Å²) in [5, 5.41) is 6.46. The summed E-state index contributed by atoms with van der Waals surface area (Å²) in [6.45, 7) is 4.79. The molecule has 0 saturated carbocycles. The number of rotatable bonds is 8. The lowest BCUT2D eigenvalue weighted by atomic mass is 10.1. The lowest BCUT2D eigenvalue weighted by molar-refractivity contribution is 0.0809. The van der Waals surface area contributed by atoms with Gasteiger partial charge in [-0.05, 0) is 73.5 Å². The number of para-hydroxylation sites is 2. The summed E-state index contributed by atoms with van der Waals surface area (Å²) in [6, 6.07) is 20.2. The first kappa shape index (κ1) is 41.8. The number of ether oxygens (including phenoxy) is 2. The number of benzene rings is 2. The third-order valence-electron chi connectivity index (χ3n) is 9.26. The lowest BCUT2D eigenvalue weighted by Crippen LogP contribution is -2.18. The van der Waals surface area contributed by atoms with Crippen LogP contribution in [0.15, 0.2) is 85.2 Å². The summed E-state index contributed by atoms with van der Waals surface area (Å²) >= 11 is 6.01. The first-order chi connectivity index (χ1) is 28.3. The SMILES string of the molecule is COc1c(F)cccc1Nc1cc(Cc2ccc(C)cn2)nc2c1C(=O)N(C)C2.COc1c(F)cccc1Nc1cc(Cl)nc2c1C(=O)N(C)C2.Cc1ccc(N)nc1. The highest BCUT2D eigenvalue weighted by molar-refractivity contribution is 6.30. The molecule has 2 aliphatic rings. The molecule has 0 saturated heterocycles. The monoisotopic (exact) mass is 821 g/mol. The number of aryl methyl sites for hydroxylation is 2. The molecule has 2 aromatic carbocycles. The average Bonchev–Trinajstić information content (AvgIpc) is 3.66. The number of nitrogens with zero attached hydrogens (tertiary/aromatic N) is 6. The zero-order chi connectivity index (χ0) is 42.4. The van der Waals surface area contributed by atoms with E-state index in [0.717, 1.165) is 22.5 Å². The molecule has 304 valence electrons. The first-order valence-electron chi connectivity index (χ1n) is 18.3. The van der Waals surface area contributed by atoms with E-state index >= 15 is 0 Å². The van der Waals surface area contributed by atoms with Crippen molar-refractivity contribution in [3.63, 3.8) is 0 Å². The number of nitrogen functional groups attached to an aromatic ring is 1. The molecule has 13 nitrogen and oxygen atoms in total. The number of methoxy groups -OCH3 is 2. The van der Waals surface area contributed by atoms with Crippen LogP contribution < -0.4 is 25.8 Å². The van der Waals surface area contributed by atoms with E-state index in [0.29, 0.717) is 70.6 Å². The van der Waals surface area contributed by atoms with Gasteiger partial charge in [-0.25, -0.2) is 18.7 Å². The van der Waals surface area contributed by atoms with Gasteiger partial charge in [-0.1, -0.05) is 35.9 Å². The van der Waals surface area contributed by atoms with Gasteiger partial charge in [-0.3, -0.25) is 19.6 Å². The van der Waals surface area contributed by atoms with Crippen LogP contribution in [-0.2, 0) is 19.5 Å². The second-order valence-electron chi connectivity index (χ2n) is 13.8. The number of anilines is 5. The zero-order valence-electron chi connectivity index (χ0n) is 33.2. The molecule has 0 spiro atoms. The average molecular weight is 822 g/mol. The van der Waals surface area contributed by atoms with E-state index in [1.165, 1.54) is 26.4 Å². The highest BCUT2D eigenvalue weighted by atomic mass is 35.5. The topological polar surface area (TPSA) is 161 Å². The van der Waals surface area contributed by atoms with Gasteiger partial charge in [0.25, 0.3) is 11.8 Å². The van der Waals surface area contributed by atoms with E-state index in [1.807, 2.05) is 44.3 Å². The molecule has 0 atom stereocenters. The smallest absolute Gasteiger partial charge is 0.257 e. The van der Waals surface area contributed by atoms with Gasteiger partial charge < -0.3 is 35.6 Å². The molecule has 2 amide bonds. The van der Waals surface area contributed by atoms with Gasteiger partial charge in [0.2, 0.25) is 0 Å². The minimum absolute atomic E-state index is 0.0722. The normalized spacial score (nSPS) is 12.5. The van der Waals surface area contributed by atoms with Crippen LogP contribution in [-0.4, -0.2) is 69.9 Å². The summed E-state index contributed by atoms with van der Waals surface area (Å²) in [5.41, 5.74) is 13.4. The van der Waals surface area contributed by atoms with Crippen molar-refractivity contribution in [3.05, 3.63) is 147 Å². The first-order valence-corrected chi connectivity index (χ1v) is 18.7. The Morgan fingerprint density at radius 3 is 1.68 bits per heavy atom. The van der Waals surface area contributed by atoms with Crippen LogP contribution in [0, 0.1) is 25.5 Å². The maximum atomic E-state index is 14.1. The van der Waals surface area contributed by atoms with Crippen LogP contribution >= 0.6 is 11.6 Å². The number of hydrogen-bond acceptors (Lipinski definition) is 11. The Kier molecular flexibility index (Phi) is 12.8. The van der Waals surface area contributed by atoms with Gasteiger partial charge in [0.15, 0.2) is 23.1 Å². The molecule has 0 unspecified atom stereocenters. The number of fused-ring (bicyclic) bond motifs is 2. The minimum Gasteiger partial charge on any atom is -0.492 e. The minimum atomic E-state index is -0.493. The number of carbonyl (C=O) groups is 2. The van der Waals surface area contributed by atoms with E-state index < -0.39 is 11.6 Å². The van der Waals surface area contributed by atoms with E-state index in [9.17, 15) is 18.4 Å². The van der Waals surface area contributed by atoms with E-state index in [2.05, 4.69) is 30.6 Å². The Morgan fingerprint density at radius 1 is 0.695 bits per heavy atom. The molecule has 0 fully saturated rings. The third kappa shape index (κ3) is 9.64. The highest BCUT2D eigenvalue weighted by Gasteiger charge is 2.31. The molecule has 6 aromatic rings. The van der Waals surface area contributed by atoms with Crippen molar-refractivity contribution >= 4 is 52.0 Å². The molecular formula is C43H42ClF2N9O4. The summed E-state index contributed by atoms with van der Waals surface area (Å²) < 4.78 is 38.1. The fourth-order valence-electron chi connectivity index (χ4n) is 6.38. The van der Waals surface area contributed by atoms with Crippen LogP contribution in [0.2, 0.25) is 5.15 Å². The maximum absolute atomic E-state index is 14.1. The van der Waals surface area contributed by atoms with E-state index in [4.69, 9.17) is 26.8 Å². The largest absolute Gasteiger partial charge is 0.492 e. The molecule has 59 heavy (non-hydrogen) atoms. The molecule has 6 heterocycles. The van der Waals surface area contributed by atoms with Gasteiger partial charge >= 0.3 is 0 Å². The zero-order valence-corrected chi connectivity index (χ0v) is 34.0. The van der Waals surface area contributed by atoms with Crippen molar-refractivity contribution in [2.75, 3.05) is 44.7 Å². The van der Waals surface area contributed by atoms with Gasteiger partial charge in [0.1, 0.15) is 11.0 Å². The number of carbonyl (C=O) groups excluding carboxylic acids is 2. The third-order valence-corrected chi connectivity index (χ3v) is 9.45. The maximum Gasteiger partial charge on any atom is 0.257 e. The van der Waals surface area contributed by atoms with Crippen molar-refractivity contribution < 1.29 is 27.8 Å². The standard InChI is InChI=1S/C22H21FN4O2.C15H13ClFN3O2.C6H8N2/c1-13-7-8-14(24-11-13)9-15-10-18(20-19(25-15)12-27(2)22(20)28)26-17-6-4-5-16(23)21(17)29-3;1-20-7-11-13(15(20)21)10(6-12(16)19-11)18-9-5-3-4-8(17)14(9)22-2;1-5-2-3-6(7)8-4-5/h4-8,10-11H,9,12H2,1-3H3,(H,25,26);3-6H,7H2,1-2H3,(H,18,19);2-4H,1H3,(H2,7,8). The summed E-state index contributed by atoms with van der Waals surface area (Å²) in [5.74, 6) is -0.497. The van der Waals surface area contributed by atoms with Crippen LogP contribution in [0.4, 0.5) is 37.3 Å². The van der Waals surface area contributed by atoms with E-state index in [-0.39, 0.29) is 28.5 Å². The van der Waals surface area contributed by atoms with Crippen molar-refractivity contribution in [2.45, 2.75) is 33.4 Å². The number of nitrogens with one attached hydrogen (secondary N) is 2. The molecule has 0 bridgehead atoms. The van der Waals surface area contributed by atoms with Gasteiger partial charge in [0.05, 0.1) is 72.6 Å². The second-order valence-corrected chi connectivity index (χ2v) is 14.2. The van der Waals surface area contributed by atoms with Crippen molar-refractivity contribution in [1.29, 1.82) is 0 Å². The Balaban J connectivity index is 0.000000171. The Morgan fingerprint density at radius 2 is 1.20 bits per heavy atom. The van der Waals surface area contributed by atoms with Gasteiger partial charge in [-0.2, -0.15) is 0 Å². The molecule has 0 radical (unpaired) electrons. The number of hydrogen-bond donors (Lipinski definition) is 3. The number of amides is 2. The summed E-state index contributed by atoms with van der Waals surface area (Å²) in [7, 11) is 6.21. The van der Waals surface area contributed by atoms with Crippen LogP contribution in [0.5, 0.6) is 11.5 Å². The number of pyridine rings is 4. The number of halogens is 3. The quantitative estimate of drug-likeness (QED) is 0.128. The predicted octanol–water partition coefficient (Wildman–Crippen LogP) is 8.04. The van der Waals surface area contributed by atoms with Crippen molar-refractivity contribution in [1.82, 2.24) is 29.7 Å². The van der Waals surface area contributed by atoms with Crippen molar-refractivity contribution in [2.24, 2.45) is 0 Å². The molecular weight excluding hydrogens is 780 g/mol. The highest BCUT2D eigenvalue weighted by Crippen LogP contribution is 2.37. The van der Waals surface area contributed by atoms with Crippen LogP contribution in [0.25, 0.3) is 0 Å². The number of aromatic nitrogens is 4. The fourth-order valence-corrected chi connectivity index (χ4v) is 6.59. The van der Waals surface area contributed by atoms with Gasteiger partial charge in [0, 0.05) is 44.3 Å². The van der Waals surface area contributed by atoms with E-state index in [1.54, 1.807) is 66.5 Å². The Bertz CT molecular complexity index is 2490. The second kappa shape index (κ2) is 18.2. The van der Waals surface area contributed by atoms with Crippen LogP contribution in [0.3, 0.4) is 0 Å². The number of nitrogens with two attached hydrogens (primary N) is 1. The molecule has 16 heteroatoms. The summed E-state index contributed by atoms with van der Waals surface area (Å²) in [6.07, 6.45) is 4.09. The van der Waals surface area contributed by atoms with Crippen molar-refractivity contribution in [3.8, 4) is 11.5 Å². The lowest BCUT2D eigenvalue weighted by Gasteiger charge is -2.15.